The highest BCUT2D eigenvalue weighted by atomic mass is 32.2. The van der Waals surface area contributed by atoms with Gasteiger partial charge in [-0.3, -0.25) is 4.21 Å². The Hall–Kier alpha value is -0.290. The Labute approximate surface area is 348 Å². The summed E-state index contributed by atoms with van der Waals surface area (Å²) in [7, 11) is -2.22. The third kappa shape index (κ3) is 29.0. The van der Waals surface area contributed by atoms with Gasteiger partial charge in [0.1, 0.15) is 24.4 Å². The van der Waals surface area contributed by atoms with Gasteiger partial charge < -0.3 is 30.3 Å². The van der Waals surface area contributed by atoms with E-state index in [0.717, 1.165) is 31.6 Å². The van der Waals surface area contributed by atoms with E-state index < -0.39 is 46.4 Å². The van der Waals surface area contributed by atoms with Crippen LogP contribution in [0.2, 0.25) is 0 Å². The molecule has 5 N–H and O–H groups in total. The van der Waals surface area contributed by atoms with Crippen LogP contribution in [0.5, 0.6) is 0 Å². The van der Waals surface area contributed by atoms with Crippen LogP contribution in [0.1, 0.15) is 228 Å². The molecule has 338 valence electrons. The Bertz CT molecular complexity index is 963. The molecule has 8 nitrogen and oxygen atoms in total. The van der Waals surface area contributed by atoms with Crippen LogP contribution in [-0.4, -0.2) is 91.0 Å². The van der Waals surface area contributed by atoms with E-state index >= 15 is 0 Å². The Kier molecular flexibility index (Phi) is 36.4. The molecule has 0 bridgehead atoms. The van der Waals surface area contributed by atoms with Crippen molar-refractivity contribution < 1.29 is 34.5 Å². The second kappa shape index (κ2) is 36.6. The van der Waals surface area contributed by atoms with Gasteiger partial charge in [0.2, 0.25) is 0 Å². The van der Waals surface area contributed by atoms with Gasteiger partial charge in [-0.1, -0.05) is 202 Å². The molecule has 0 aromatic carbocycles. The van der Waals surface area contributed by atoms with Crippen LogP contribution in [0, 0.1) is 11.8 Å². The number of nitrogens with zero attached hydrogens (tertiary/aromatic N) is 1. The predicted octanol–water partition coefficient (Wildman–Crippen LogP) is 11.3. The fourth-order valence-corrected chi connectivity index (χ4v) is 9.11. The molecule has 56 heavy (non-hydrogen) atoms. The van der Waals surface area contributed by atoms with Crippen molar-refractivity contribution in [3.63, 3.8) is 0 Å². The van der Waals surface area contributed by atoms with Gasteiger partial charge in [0.25, 0.3) is 0 Å². The monoisotopic (exact) mass is 820 g/mol. The standard InChI is InChI=1S/C36H75NO2S.C7H14O5.C4H8/c1-7-10-11-12-13-14-15-16-19-22-25-28-31-34(5)36(38)35(9-3)37-40(6,39)32-29-26-23-20-17-18-21-24-27-30-33(4)8-2;1-3-5(9)7(11)6(10)4(2-8)12-3;1-2-4-3-1/h33-36,38H,7-32H2,1-6H3;3-11H,2H2,1H3;1-4H2. The molecule has 2 rings (SSSR count). The number of hydrogen-bond donors (Lipinski definition) is 5. The van der Waals surface area contributed by atoms with Crippen molar-refractivity contribution >= 4 is 9.73 Å². The van der Waals surface area contributed by atoms with Crippen LogP contribution in [0.25, 0.3) is 0 Å². The molecule has 10 unspecified atom stereocenters. The minimum absolute atomic E-state index is 0.190. The lowest BCUT2D eigenvalue weighted by atomic mass is 9.91. The first-order valence-corrected chi connectivity index (χ1v) is 26.1. The van der Waals surface area contributed by atoms with Gasteiger partial charge in [0.15, 0.2) is 0 Å². The molecule has 1 aliphatic carbocycles. The van der Waals surface area contributed by atoms with Gasteiger partial charge in [0.05, 0.1) is 24.9 Å². The van der Waals surface area contributed by atoms with Crippen LogP contribution >= 0.6 is 0 Å². The van der Waals surface area contributed by atoms with E-state index in [0.29, 0.717) is 5.75 Å². The quantitative estimate of drug-likeness (QED) is 0.0439. The lowest BCUT2D eigenvalue weighted by molar-refractivity contribution is -0.224. The van der Waals surface area contributed by atoms with Crippen molar-refractivity contribution in [2.45, 2.75) is 270 Å². The van der Waals surface area contributed by atoms with Crippen molar-refractivity contribution in [3.8, 4) is 0 Å². The van der Waals surface area contributed by atoms with Gasteiger partial charge in [-0.15, -0.1) is 0 Å². The number of aliphatic hydroxyl groups is 5. The van der Waals surface area contributed by atoms with Gasteiger partial charge in [-0.2, -0.15) is 0 Å². The summed E-state index contributed by atoms with van der Waals surface area (Å²) in [5, 5.41) is 47.4. The van der Waals surface area contributed by atoms with E-state index in [1.807, 2.05) is 6.26 Å². The van der Waals surface area contributed by atoms with E-state index in [1.165, 1.54) is 161 Å². The smallest absolute Gasteiger partial charge is 0.111 e. The summed E-state index contributed by atoms with van der Waals surface area (Å²) in [5.41, 5.74) is 0. The summed E-state index contributed by atoms with van der Waals surface area (Å²) < 4.78 is 22.9. The van der Waals surface area contributed by atoms with Gasteiger partial charge >= 0.3 is 0 Å². The van der Waals surface area contributed by atoms with Crippen LogP contribution in [0.3, 0.4) is 0 Å². The Morgan fingerprint density at radius 1 is 0.625 bits per heavy atom. The summed E-state index contributed by atoms with van der Waals surface area (Å²) in [5.74, 6) is 1.80. The Morgan fingerprint density at radius 2 is 1.05 bits per heavy atom. The number of unbranched alkanes of at least 4 members (excludes halogenated alkanes) is 19. The summed E-state index contributed by atoms with van der Waals surface area (Å²) in [6.45, 7) is 12.4. The average molecular weight is 820 g/mol. The normalized spacial score (nSPS) is 24.0. The topological polar surface area (TPSA) is 140 Å². The van der Waals surface area contributed by atoms with E-state index in [4.69, 9.17) is 14.2 Å². The molecular weight excluding hydrogens is 723 g/mol. The zero-order valence-electron chi connectivity index (χ0n) is 38.0. The lowest BCUT2D eigenvalue weighted by Crippen LogP contribution is -2.57. The molecule has 0 radical (unpaired) electrons. The maximum absolute atomic E-state index is 13.2. The van der Waals surface area contributed by atoms with Crippen molar-refractivity contribution in [2.75, 3.05) is 18.6 Å². The molecule has 9 heteroatoms. The van der Waals surface area contributed by atoms with Crippen molar-refractivity contribution in [3.05, 3.63) is 0 Å². The first-order chi connectivity index (χ1) is 26.8. The molecule has 0 amide bonds. The van der Waals surface area contributed by atoms with Gasteiger partial charge in [-0.05, 0) is 38.0 Å². The number of ether oxygens (including phenoxy) is 1. The second-order valence-electron chi connectivity index (χ2n) is 17.8. The van der Waals surface area contributed by atoms with E-state index in [9.17, 15) is 24.6 Å². The molecule has 1 aliphatic heterocycles. The van der Waals surface area contributed by atoms with Crippen LogP contribution in [0.15, 0.2) is 4.36 Å². The largest absolute Gasteiger partial charge is 0.394 e. The highest BCUT2D eigenvalue weighted by molar-refractivity contribution is 7.92. The minimum Gasteiger partial charge on any atom is -0.394 e. The highest BCUT2D eigenvalue weighted by Crippen LogP contribution is 2.23. The molecule has 0 aromatic rings. The molecular formula is C47H97NO7S. The zero-order valence-corrected chi connectivity index (χ0v) is 38.8. The van der Waals surface area contributed by atoms with Crippen LogP contribution in [-0.2, 0) is 14.5 Å². The van der Waals surface area contributed by atoms with Crippen LogP contribution < -0.4 is 0 Å². The van der Waals surface area contributed by atoms with E-state index in [1.54, 1.807) is 6.92 Å². The molecule has 0 spiro atoms. The summed E-state index contributed by atoms with van der Waals surface area (Å²) in [6.07, 6.45) is 34.9. The Morgan fingerprint density at radius 3 is 1.46 bits per heavy atom. The number of aliphatic hydroxyl groups excluding tert-OH is 5. The van der Waals surface area contributed by atoms with Gasteiger partial charge in [0, 0.05) is 21.7 Å². The first-order valence-electron chi connectivity index (χ1n) is 24.0. The summed E-state index contributed by atoms with van der Waals surface area (Å²) >= 11 is 0. The number of hydrogen-bond acceptors (Lipinski definition) is 8. The fourth-order valence-electron chi connectivity index (χ4n) is 7.42. The number of rotatable bonds is 31. The minimum atomic E-state index is -2.22. The van der Waals surface area contributed by atoms with Crippen molar-refractivity contribution in [2.24, 2.45) is 16.2 Å². The van der Waals surface area contributed by atoms with E-state index in [-0.39, 0.29) is 18.6 Å². The molecule has 10 atom stereocenters. The molecule has 1 heterocycles. The third-order valence-electron chi connectivity index (χ3n) is 12.3. The SMILES string of the molecule is C1CCC1.CC1OC(CO)C(O)C(O)C1O.CCCCCCCCCCCCCCC(C)C(O)C(CC)N=S(C)(=O)CCCCCCCCCCCC(C)CC. The van der Waals surface area contributed by atoms with Gasteiger partial charge in [-0.25, -0.2) is 4.36 Å². The second-order valence-corrected chi connectivity index (χ2v) is 20.4. The average Bonchev–Trinajstić information content (AvgIpc) is 3.16. The molecule has 1 saturated carbocycles. The molecule has 0 aromatic heterocycles. The molecule has 2 aliphatic rings. The predicted molar refractivity (Wildman–Crippen MR) is 240 cm³/mol. The first kappa shape index (κ1) is 55.7. The molecule has 1 saturated heterocycles. The van der Waals surface area contributed by atoms with Crippen molar-refractivity contribution in [1.82, 2.24) is 0 Å². The maximum Gasteiger partial charge on any atom is 0.111 e. The van der Waals surface area contributed by atoms with E-state index in [2.05, 4.69) is 34.6 Å². The third-order valence-corrected chi connectivity index (χ3v) is 14.1. The van der Waals surface area contributed by atoms with Crippen molar-refractivity contribution in [1.29, 1.82) is 0 Å². The lowest BCUT2D eigenvalue weighted by Gasteiger charge is -2.38. The summed E-state index contributed by atoms with van der Waals surface area (Å²) in [4.78, 5) is 0. The molecule has 2 fully saturated rings. The van der Waals surface area contributed by atoms with Crippen LogP contribution in [0.4, 0.5) is 0 Å². The summed E-state index contributed by atoms with van der Waals surface area (Å²) in [6, 6.07) is -0.190. The Balaban J connectivity index is 0.00000153. The maximum atomic E-state index is 13.2. The fraction of sp³-hybridized carbons (Fsp3) is 1.00. The highest BCUT2D eigenvalue weighted by Gasteiger charge is 2.41. The zero-order chi connectivity index (χ0) is 42.0.